The van der Waals surface area contributed by atoms with Gasteiger partial charge in [-0.1, -0.05) is 47.6 Å². The minimum absolute atomic E-state index is 0.00683. The molecular formula is C24H28FN3O3. The Bertz CT molecular complexity index is 915. The van der Waals surface area contributed by atoms with Crippen molar-refractivity contribution in [1.29, 1.82) is 0 Å². The van der Waals surface area contributed by atoms with Crippen molar-refractivity contribution in [3.63, 3.8) is 0 Å². The van der Waals surface area contributed by atoms with Gasteiger partial charge in [-0.2, -0.15) is 0 Å². The van der Waals surface area contributed by atoms with Gasteiger partial charge in [0.1, 0.15) is 5.82 Å². The molecule has 0 radical (unpaired) electrons. The van der Waals surface area contributed by atoms with Crippen molar-refractivity contribution in [2.24, 2.45) is 5.16 Å². The molecule has 31 heavy (non-hydrogen) atoms. The number of carbonyl (C=O) groups is 1. The van der Waals surface area contributed by atoms with Crippen LogP contribution in [-0.2, 0) is 20.9 Å². The average Bonchev–Trinajstić information content (AvgIpc) is 3.29. The highest BCUT2D eigenvalue weighted by molar-refractivity contribution is 6.04. The van der Waals surface area contributed by atoms with E-state index in [0.717, 1.165) is 38.4 Å². The molecule has 2 aliphatic heterocycles. The molecule has 6 nitrogen and oxygen atoms in total. The second-order valence-corrected chi connectivity index (χ2v) is 8.06. The van der Waals surface area contributed by atoms with Crippen molar-refractivity contribution < 1.29 is 18.8 Å². The average molecular weight is 426 g/mol. The lowest BCUT2D eigenvalue weighted by Gasteiger charge is -2.35. The molecule has 2 aromatic rings. The Balaban J connectivity index is 1.47. The van der Waals surface area contributed by atoms with E-state index >= 15 is 0 Å². The summed E-state index contributed by atoms with van der Waals surface area (Å²) in [7, 11) is 0. The smallest absolute Gasteiger partial charge is 0.267 e. The van der Waals surface area contributed by atoms with Crippen LogP contribution in [0.15, 0.2) is 59.8 Å². The van der Waals surface area contributed by atoms with Gasteiger partial charge in [0.05, 0.1) is 18.9 Å². The summed E-state index contributed by atoms with van der Waals surface area (Å²) in [6.45, 7) is 6.51. The van der Waals surface area contributed by atoms with Gasteiger partial charge in [-0.25, -0.2) is 4.39 Å². The summed E-state index contributed by atoms with van der Waals surface area (Å²) in [6.07, 6.45) is -0.369. The third kappa shape index (κ3) is 5.48. The summed E-state index contributed by atoms with van der Waals surface area (Å²) in [5.74, 6) is -0.431. The molecule has 7 heteroatoms. The van der Waals surface area contributed by atoms with Gasteiger partial charge in [-0.15, -0.1) is 0 Å². The van der Waals surface area contributed by atoms with Gasteiger partial charge in [0.2, 0.25) is 6.10 Å². The molecule has 2 unspecified atom stereocenters. The van der Waals surface area contributed by atoms with Crippen LogP contribution in [0.2, 0.25) is 0 Å². The van der Waals surface area contributed by atoms with E-state index < -0.39 is 6.10 Å². The highest BCUT2D eigenvalue weighted by Gasteiger charge is 2.35. The van der Waals surface area contributed by atoms with Crippen LogP contribution < -0.4 is 0 Å². The van der Waals surface area contributed by atoms with Crippen molar-refractivity contribution in [1.82, 2.24) is 9.80 Å². The van der Waals surface area contributed by atoms with Gasteiger partial charge in [0.15, 0.2) is 0 Å². The number of benzene rings is 2. The van der Waals surface area contributed by atoms with Gasteiger partial charge >= 0.3 is 0 Å². The third-order valence-corrected chi connectivity index (χ3v) is 5.74. The lowest BCUT2D eigenvalue weighted by atomic mass is 10.0. The fourth-order valence-corrected chi connectivity index (χ4v) is 4.02. The van der Waals surface area contributed by atoms with E-state index in [-0.39, 0.29) is 17.8 Å². The van der Waals surface area contributed by atoms with Gasteiger partial charge < -0.3 is 14.5 Å². The molecule has 2 heterocycles. The van der Waals surface area contributed by atoms with E-state index in [1.54, 1.807) is 12.1 Å². The second-order valence-electron chi connectivity index (χ2n) is 8.06. The zero-order valence-corrected chi connectivity index (χ0v) is 17.7. The Morgan fingerprint density at radius 1 is 1.19 bits per heavy atom. The largest absolute Gasteiger partial charge is 0.382 e. The van der Waals surface area contributed by atoms with E-state index in [1.807, 2.05) is 35.2 Å². The molecule has 1 amide bonds. The van der Waals surface area contributed by atoms with Gasteiger partial charge in [-0.05, 0) is 24.6 Å². The monoisotopic (exact) mass is 425 g/mol. The van der Waals surface area contributed by atoms with Crippen molar-refractivity contribution in [2.75, 3.05) is 32.8 Å². The highest BCUT2D eigenvalue weighted by Crippen LogP contribution is 2.22. The van der Waals surface area contributed by atoms with Crippen LogP contribution in [-0.4, -0.2) is 66.4 Å². The lowest BCUT2D eigenvalue weighted by molar-refractivity contribution is -0.145. The number of oxime groups is 1. The number of hydrogen-bond donors (Lipinski definition) is 0. The summed E-state index contributed by atoms with van der Waals surface area (Å²) < 4.78 is 19.0. The molecule has 164 valence electrons. The number of rotatable bonds is 7. The molecule has 1 saturated heterocycles. The van der Waals surface area contributed by atoms with E-state index in [9.17, 15) is 9.18 Å². The predicted molar refractivity (Wildman–Crippen MR) is 116 cm³/mol. The maximum atomic E-state index is 13.6. The summed E-state index contributed by atoms with van der Waals surface area (Å²) in [4.78, 5) is 23.2. The molecule has 0 N–H and O–H groups in total. The SMILES string of the molecule is CC(CN1CCOCC1)N(Cc1ccccc1)C(=O)C1CC(c2cccc(F)c2)=NO1. The quantitative estimate of drug-likeness (QED) is 0.684. The van der Waals surface area contributed by atoms with Crippen LogP contribution in [0.1, 0.15) is 24.5 Å². The van der Waals surface area contributed by atoms with Crippen molar-refractivity contribution in [3.05, 3.63) is 71.5 Å². The van der Waals surface area contributed by atoms with Gasteiger partial charge in [0.25, 0.3) is 5.91 Å². The molecule has 0 bridgehead atoms. The van der Waals surface area contributed by atoms with Gasteiger partial charge in [-0.3, -0.25) is 9.69 Å². The molecule has 2 aliphatic rings. The number of ether oxygens (including phenoxy) is 1. The molecule has 0 spiro atoms. The number of morpholine rings is 1. The Kier molecular flexibility index (Phi) is 6.94. The zero-order valence-electron chi connectivity index (χ0n) is 17.7. The van der Waals surface area contributed by atoms with Crippen LogP contribution in [0.3, 0.4) is 0 Å². The number of hydrogen-bond acceptors (Lipinski definition) is 5. The summed E-state index contributed by atoms with van der Waals surface area (Å²) >= 11 is 0. The molecule has 0 saturated carbocycles. The minimum atomic E-state index is -0.700. The second kappa shape index (κ2) is 10.0. The molecule has 2 atom stereocenters. The van der Waals surface area contributed by atoms with Crippen LogP contribution in [0.5, 0.6) is 0 Å². The normalized spacial score (nSPS) is 20.1. The first-order chi connectivity index (χ1) is 15.1. The predicted octanol–water partition coefficient (Wildman–Crippen LogP) is 3.07. The Labute approximate surface area is 182 Å². The van der Waals surface area contributed by atoms with Crippen LogP contribution in [0.25, 0.3) is 0 Å². The maximum Gasteiger partial charge on any atom is 0.267 e. The topological polar surface area (TPSA) is 54.4 Å². The van der Waals surface area contributed by atoms with E-state index in [4.69, 9.17) is 9.57 Å². The van der Waals surface area contributed by atoms with Crippen molar-refractivity contribution >= 4 is 11.6 Å². The molecule has 1 fully saturated rings. The fourth-order valence-electron chi connectivity index (χ4n) is 4.02. The molecular weight excluding hydrogens is 397 g/mol. The van der Waals surface area contributed by atoms with E-state index in [0.29, 0.717) is 24.2 Å². The van der Waals surface area contributed by atoms with E-state index in [2.05, 4.69) is 17.0 Å². The number of nitrogens with zero attached hydrogens (tertiary/aromatic N) is 3. The van der Waals surface area contributed by atoms with Crippen molar-refractivity contribution in [3.8, 4) is 0 Å². The standard InChI is InChI=1S/C24H28FN3O3/c1-18(16-27-10-12-30-13-11-27)28(17-19-6-3-2-4-7-19)24(29)23-15-22(26-31-23)20-8-5-9-21(25)14-20/h2-9,14,18,23H,10-13,15-17H2,1H3. The van der Waals surface area contributed by atoms with Crippen molar-refractivity contribution in [2.45, 2.75) is 32.0 Å². The summed E-state index contributed by atoms with van der Waals surface area (Å²) in [5.41, 5.74) is 2.30. The number of carbonyl (C=O) groups excluding carboxylic acids is 1. The minimum Gasteiger partial charge on any atom is -0.382 e. The first-order valence-corrected chi connectivity index (χ1v) is 10.7. The number of amides is 1. The Morgan fingerprint density at radius 3 is 2.71 bits per heavy atom. The Morgan fingerprint density at radius 2 is 1.97 bits per heavy atom. The third-order valence-electron chi connectivity index (χ3n) is 5.74. The first-order valence-electron chi connectivity index (χ1n) is 10.7. The molecule has 4 rings (SSSR count). The van der Waals surface area contributed by atoms with Crippen LogP contribution >= 0.6 is 0 Å². The summed E-state index contributed by atoms with van der Waals surface area (Å²) in [5, 5.41) is 4.09. The number of halogens is 1. The highest BCUT2D eigenvalue weighted by atomic mass is 19.1. The first kappa shape index (κ1) is 21.5. The van der Waals surface area contributed by atoms with Gasteiger partial charge in [0, 0.05) is 44.2 Å². The van der Waals surface area contributed by atoms with Crippen LogP contribution in [0.4, 0.5) is 4.39 Å². The zero-order chi connectivity index (χ0) is 21.6. The fraction of sp³-hybridized carbons (Fsp3) is 0.417. The molecule has 2 aromatic carbocycles. The Hall–Kier alpha value is -2.77. The lowest BCUT2D eigenvalue weighted by Crippen LogP contribution is -2.50. The maximum absolute atomic E-state index is 13.6. The van der Waals surface area contributed by atoms with Crippen LogP contribution in [0, 0.1) is 5.82 Å². The molecule has 0 aliphatic carbocycles. The molecule has 0 aromatic heterocycles. The van der Waals surface area contributed by atoms with E-state index in [1.165, 1.54) is 12.1 Å². The summed E-state index contributed by atoms with van der Waals surface area (Å²) in [6, 6.07) is 16.2.